The summed E-state index contributed by atoms with van der Waals surface area (Å²) < 4.78 is 10.2. The minimum absolute atomic E-state index is 0.196. The normalized spacial score (nSPS) is 10.0. The van der Waals surface area contributed by atoms with Gasteiger partial charge in [0.2, 0.25) is 0 Å². The lowest BCUT2D eigenvalue weighted by Gasteiger charge is -2.08. The summed E-state index contributed by atoms with van der Waals surface area (Å²) in [5.74, 6) is 0.957. The molecule has 1 aromatic heterocycles. The number of ether oxygens (including phenoxy) is 2. The van der Waals surface area contributed by atoms with Gasteiger partial charge in [-0.15, -0.1) is 0 Å². The van der Waals surface area contributed by atoms with E-state index < -0.39 is 0 Å². The van der Waals surface area contributed by atoms with Gasteiger partial charge in [-0.05, 0) is 12.1 Å². The van der Waals surface area contributed by atoms with Gasteiger partial charge in [0.05, 0.1) is 20.4 Å². The first kappa shape index (κ1) is 12.9. The molecule has 0 atom stereocenters. The predicted octanol–water partition coefficient (Wildman–Crippen LogP) is 1.36. The Bertz CT molecular complexity index is 530. The average Bonchev–Trinajstić information content (AvgIpc) is 2.97. The van der Waals surface area contributed by atoms with Crippen LogP contribution in [0.4, 0.5) is 0 Å². The van der Waals surface area contributed by atoms with Crippen LogP contribution in [-0.2, 0) is 6.54 Å². The van der Waals surface area contributed by atoms with Crippen LogP contribution in [0.25, 0.3) is 0 Å². The summed E-state index contributed by atoms with van der Waals surface area (Å²) in [6, 6.07) is 5.04. The SMILES string of the molecule is COc1cc(OC)cc(C(=O)NCc2cn[nH]c2)c1. The lowest BCUT2D eigenvalue weighted by molar-refractivity contribution is 0.0950. The van der Waals surface area contributed by atoms with Crippen molar-refractivity contribution in [3.8, 4) is 11.5 Å². The van der Waals surface area contributed by atoms with E-state index in [0.717, 1.165) is 5.56 Å². The van der Waals surface area contributed by atoms with Crippen molar-refractivity contribution in [3.63, 3.8) is 0 Å². The number of hydrogen-bond donors (Lipinski definition) is 2. The van der Waals surface area contributed by atoms with Gasteiger partial charge in [-0.3, -0.25) is 9.89 Å². The molecule has 0 radical (unpaired) electrons. The number of nitrogens with one attached hydrogen (secondary N) is 2. The third-order valence-corrected chi connectivity index (χ3v) is 2.62. The Morgan fingerprint density at radius 3 is 2.47 bits per heavy atom. The van der Waals surface area contributed by atoms with E-state index in [1.165, 1.54) is 0 Å². The molecule has 0 fully saturated rings. The van der Waals surface area contributed by atoms with Gasteiger partial charge >= 0.3 is 0 Å². The molecule has 1 heterocycles. The number of aromatic amines is 1. The number of benzene rings is 1. The predicted molar refractivity (Wildman–Crippen MR) is 69.3 cm³/mol. The van der Waals surface area contributed by atoms with E-state index in [-0.39, 0.29) is 5.91 Å². The molecule has 0 saturated carbocycles. The largest absolute Gasteiger partial charge is 0.497 e. The quantitative estimate of drug-likeness (QED) is 0.852. The fourth-order valence-electron chi connectivity index (χ4n) is 1.60. The molecule has 0 aliphatic heterocycles. The summed E-state index contributed by atoms with van der Waals surface area (Å²) in [6.45, 7) is 0.412. The third-order valence-electron chi connectivity index (χ3n) is 2.62. The molecule has 2 N–H and O–H groups in total. The molecule has 1 amide bonds. The van der Waals surface area contributed by atoms with Crippen LogP contribution < -0.4 is 14.8 Å². The molecule has 100 valence electrons. The van der Waals surface area contributed by atoms with Crippen LogP contribution >= 0.6 is 0 Å². The van der Waals surface area contributed by atoms with Gasteiger partial charge in [-0.25, -0.2) is 0 Å². The molecule has 0 spiro atoms. The van der Waals surface area contributed by atoms with Gasteiger partial charge in [0, 0.05) is 29.9 Å². The molecule has 0 bridgehead atoms. The smallest absolute Gasteiger partial charge is 0.251 e. The second-order valence-electron chi connectivity index (χ2n) is 3.89. The zero-order chi connectivity index (χ0) is 13.7. The molecule has 0 saturated heterocycles. The number of amides is 1. The number of carbonyl (C=O) groups is 1. The molecule has 2 aromatic rings. The molecule has 19 heavy (non-hydrogen) atoms. The molecule has 0 aliphatic rings. The summed E-state index contributed by atoms with van der Waals surface area (Å²) in [4.78, 5) is 12.0. The summed E-state index contributed by atoms with van der Waals surface area (Å²) in [5, 5.41) is 9.29. The van der Waals surface area contributed by atoms with Crippen molar-refractivity contribution < 1.29 is 14.3 Å². The number of carbonyl (C=O) groups excluding carboxylic acids is 1. The third kappa shape index (κ3) is 3.25. The van der Waals surface area contributed by atoms with Gasteiger partial charge in [0.25, 0.3) is 5.91 Å². The van der Waals surface area contributed by atoms with Crippen LogP contribution in [0.15, 0.2) is 30.6 Å². The Hall–Kier alpha value is -2.50. The highest BCUT2D eigenvalue weighted by Gasteiger charge is 2.09. The molecular weight excluding hydrogens is 246 g/mol. The lowest BCUT2D eigenvalue weighted by Crippen LogP contribution is -2.22. The summed E-state index contributed by atoms with van der Waals surface area (Å²) >= 11 is 0. The second-order valence-corrected chi connectivity index (χ2v) is 3.89. The Labute approximate surface area is 110 Å². The second kappa shape index (κ2) is 5.90. The fourth-order valence-corrected chi connectivity index (χ4v) is 1.60. The highest BCUT2D eigenvalue weighted by Crippen LogP contribution is 2.22. The van der Waals surface area contributed by atoms with Gasteiger partial charge < -0.3 is 14.8 Å². The number of methoxy groups -OCH3 is 2. The molecule has 2 rings (SSSR count). The number of nitrogens with zero attached hydrogens (tertiary/aromatic N) is 1. The van der Waals surface area contributed by atoms with Crippen molar-refractivity contribution in [1.82, 2.24) is 15.5 Å². The number of H-pyrrole nitrogens is 1. The van der Waals surface area contributed by atoms with Crippen LogP contribution in [0.2, 0.25) is 0 Å². The van der Waals surface area contributed by atoms with Gasteiger partial charge in [-0.1, -0.05) is 0 Å². The average molecular weight is 261 g/mol. The van der Waals surface area contributed by atoms with Crippen molar-refractivity contribution in [1.29, 1.82) is 0 Å². The van der Waals surface area contributed by atoms with Crippen LogP contribution in [0.1, 0.15) is 15.9 Å². The van der Waals surface area contributed by atoms with E-state index in [1.54, 1.807) is 44.8 Å². The van der Waals surface area contributed by atoms with Crippen LogP contribution in [-0.4, -0.2) is 30.3 Å². The van der Waals surface area contributed by atoms with E-state index in [1.807, 2.05) is 0 Å². The zero-order valence-electron chi connectivity index (χ0n) is 10.8. The summed E-state index contributed by atoms with van der Waals surface area (Å²) in [7, 11) is 3.09. The Balaban J connectivity index is 2.09. The Kier molecular flexibility index (Phi) is 4.02. The van der Waals surface area contributed by atoms with Crippen molar-refractivity contribution >= 4 is 5.91 Å². The van der Waals surface area contributed by atoms with Crippen molar-refractivity contribution in [2.75, 3.05) is 14.2 Å². The zero-order valence-corrected chi connectivity index (χ0v) is 10.8. The van der Waals surface area contributed by atoms with Crippen LogP contribution in [0.5, 0.6) is 11.5 Å². The van der Waals surface area contributed by atoms with E-state index in [2.05, 4.69) is 15.5 Å². The first-order chi connectivity index (χ1) is 9.22. The summed E-state index contributed by atoms with van der Waals surface area (Å²) in [6.07, 6.45) is 3.39. The number of hydrogen-bond acceptors (Lipinski definition) is 4. The molecule has 0 unspecified atom stereocenters. The van der Waals surface area contributed by atoms with Crippen LogP contribution in [0, 0.1) is 0 Å². The fraction of sp³-hybridized carbons (Fsp3) is 0.231. The molecule has 0 aliphatic carbocycles. The molecule has 6 heteroatoms. The highest BCUT2D eigenvalue weighted by molar-refractivity contribution is 5.95. The number of aromatic nitrogens is 2. The van der Waals surface area contributed by atoms with Crippen molar-refractivity contribution in [3.05, 3.63) is 41.7 Å². The van der Waals surface area contributed by atoms with Crippen molar-refractivity contribution in [2.45, 2.75) is 6.54 Å². The first-order valence-corrected chi connectivity index (χ1v) is 5.72. The van der Waals surface area contributed by atoms with E-state index >= 15 is 0 Å². The maximum absolute atomic E-state index is 12.0. The first-order valence-electron chi connectivity index (χ1n) is 5.72. The minimum Gasteiger partial charge on any atom is -0.497 e. The van der Waals surface area contributed by atoms with Crippen molar-refractivity contribution in [2.24, 2.45) is 0 Å². The Morgan fingerprint density at radius 1 is 1.26 bits per heavy atom. The molecule has 6 nitrogen and oxygen atoms in total. The van der Waals surface area contributed by atoms with E-state index in [9.17, 15) is 4.79 Å². The van der Waals surface area contributed by atoms with Gasteiger partial charge in [0.15, 0.2) is 0 Å². The topological polar surface area (TPSA) is 76.2 Å². The number of rotatable bonds is 5. The van der Waals surface area contributed by atoms with Gasteiger partial charge in [-0.2, -0.15) is 5.10 Å². The van der Waals surface area contributed by atoms with Gasteiger partial charge in [0.1, 0.15) is 11.5 Å². The van der Waals surface area contributed by atoms with Crippen LogP contribution in [0.3, 0.4) is 0 Å². The molecule has 1 aromatic carbocycles. The lowest BCUT2D eigenvalue weighted by atomic mass is 10.2. The summed E-state index contributed by atoms with van der Waals surface area (Å²) in [5.41, 5.74) is 1.39. The molecular formula is C13H15N3O3. The highest BCUT2D eigenvalue weighted by atomic mass is 16.5. The maximum atomic E-state index is 12.0. The Morgan fingerprint density at radius 2 is 1.95 bits per heavy atom. The minimum atomic E-state index is -0.196. The van der Waals surface area contributed by atoms with E-state index in [0.29, 0.717) is 23.6 Å². The monoisotopic (exact) mass is 261 g/mol. The standard InChI is InChI=1S/C13H15N3O3/c1-18-11-3-10(4-12(5-11)19-2)13(17)14-6-9-7-15-16-8-9/h3-5,7-8H,6H2,1-2H3,(H,14,17)(H,15,16). The van der Waals surface area contributed by atoms with E-state index in [4.69, 9.17) is 9.47 Å². The maximum Gasteiger partial charge on any atom is 0.251 e.